The number of hydrogen-bond acceptors (Lipinski definition) is 2. The zero-order valence-electron chi connectivity index (χ0n) is 11.9. The number of alkyl halides is 6. The third-order valence-corrected chi connectivity index (χ3v) is 3.10. The number of benzene rings is 2. The molecule has 0 fully saturated rings. The van der Waals surface area contributed by atoms with Crippen LogP contribution in [0.15, 0.2) is 42.5 Å². The van der Waals surface area contributed by atoms with E-state index in [9.17, 15) is 26.3 Å². The van der Waals surface area contributed by atoms with Crippen LogP contribution in [0.5, 0.6) is 5.75 Å². The van der Waals surface area contributed by atoms with Crippen molar-refractivity contribution in [3.8, 4) is 22.9 Å². The fraction of sp³-hybridized carbons (Fsp3) is 0.188. The van der Waals surface area contributed by atoms with Gasteiger partial charge in [-0.05, 0) is 34.9 Å². The Morgan fingerprint density at radius 2 is 1.54 bits per heavy atom. The molecule has 0 aliphatic rings. The molecule has 2 nitrogen and oxygen atoms in total. The summed E-state index contributed by atoms with van der Waals surface area (Å²) < 4.78 is 79.7. The van der Waals surface area contributed by atoms with Crippen LogP contribution in [-0.4, -0.2) is 6.36 Å². The van der Waals surface area contributed by atoms with Crippen molar-refractivity contribution in [2.75, 3.05) is 0 Å². The van der Waals surface area contributed by atoms with Crippen molar-refractivity contribution in [1.82, 2.24) is 0 Å². The van der Waals surface area contributed by atoms with Crippen molar-refractivity contribution in [2.45, 2.75) is 19.0 Å². The lowest BCUT2D eigenvalue weighted by atomic mass is 9.92. The minimum atomic E-state index is -4.89. The first-order valence-corrected chi connectivity index (χ1v) is 6.54. The molecule has 8 heteroatoms. The van der Waals surface area contributed by atoms with Gasteiger partial charge in [0.2, 0.25) is 0 Å². The molecule has 0 saturated carbocycles. The topological polar surface area (TPSA) is 33.0 Å². The number of hydrogen-bond donors (Lipinski definition) is 0. The normalized spacial score (nSPS) is 11.9. The molecule has 0 N–H and O–H groups in total. The smallest absolute Gasteiger partial charge is 0.406 e. The average Bonchev–Trinajstić information content (AvgIpc) is 2.46. The Labute approximate surface area is 132 Å². The standard InChI is InChI=1S/C16H9F6NO/c17-15(18,19)13-3-1-2-10(8-9-23)14(13)11-4-6-12(7-5-11)24-16(20,21)22/h1-7H,8H2. The Hall–Kier alpha value is -2.69. The minimum absolute atomic E-state index is 0.0442. The summed E-state index contributed by atoms with van der Waals surface area (Å²) in [6.45, 7) is 0. The summed E-state index contributed by atoms with van der Waals surface area (Å²) in [6, 6.07) is 9.21. The van der Waals surface area contributed by atoms with E-state index in [0.29, 0.717) is 0 Å². The molecule has 0 atom stereocenters. The molecule has 0 amide bonds. The number of ether oxygens (including phenoxy) is 1. The molecule has 0 aromatic heterocycles. The van der Waals surface area contributed by atoms with Crippen LogP contribution < -0.4 is 4.74 Å². The fourth-order valence-electron chi connectivity index (χ4n) is 2.23. The first-order valence-electron chi connectivity index (χ1n) is 6.54. The number of nitrogens with zero attached hydrogens (tertiary/aromatic N) is 1. The van der Waals surface area contributed by atoms with Crippen LogP contribution >= 0.6 is 0 Å². The van der Waals surface area contributed by atoms with Crippen molar-refractivity contribution in [3.63, 3.8) is 0 Å². The molecule has 2 aromatic rings. The van der Waals surface area contributed by atoms with Crippen LogP contribution in [0.1, 0.15) is 11.1 Å². The van der Waals surface area contributed by atoms with Crippen molar-refractivity contribution in [1.29, 1.82) is 5.26 Å². The summed E-state index contributed by atoms with van der Waals surface area (Å²) in [5.74, 6) is -0.544. The van der Waals surface area contributed by atoms with Gasteiger partial charge in [0.05, 0.1) is 18.1 Å². The Morgan fingerprint density at radius 1 is 0.917 bits per heavy atom. The Bertz CT molecular complexity index is 756. The Kier molecular flexibility index (Phi) is 4.73. The van der Waals surface area contributed by atoms with Gasteiger partial charge in [0, 0.05) is 0 Å². The minimum Gasteiger partial charge on any atom is -0.406 e. The highest BCUT2D eigenvalue weighted by Gasteiger charge is 2.35. The molecule has 0 saturated heterocycles. The molecular weight excluding hydrogens is 336 g/mol. The van der Waals surface area contributed by atoms with Crippen molar-refractivity contribution >= 4 is 0 Å². The summed E-state index contributed by atoms with van der Waals surface area (Å²) >= 11 is 0. The highest BCUT2D eigenvalue weighted by atomic mass is 19.4. The van der Waals surface area contributed by atoms with E-state index in [2.05, 4.69) is 4.74 Å². The third kappa shape index (κ3) is 4.19. The van der Waals surface area contributed by atoms with Gasteiger partial charge in [-0.3, -0.25) is 0 Å². The average molecular weight is 345 g/mol. The van der Waals surface area contributed by atoms with E-state index < -0.39 is 23.9 Å². The molecule has 0 unspecified atom stereocenters. The van der Waals surface area contributed by atoms with Gasteiger partial charge in [-0.25, -0.2) is 0 Å². The second-order valence-electron chi connectivity index (χ2n) is 4.74. The van der Waals surface area contributed by atoms with Gasteiger partial charge < -0.3 is 4.74 Å². The molecule has 0 heterocycles. The number of nitriles is 1. The second kappa shape index (κ2) is 6.43. The van der Waals surface area contributed by atoms with Crippen LogP contribution in [0.25, 0.3) is 11.1 Å². The highest BCUT2D eigenvalue weighted by Crippen LogP contribution is 2.39. The molecule has 0 aliphatic heterocycles. The lowest BCUT2D eigenvalue weighted by molar-refractivity contribution is -0.274. The zero-order chi connectivity index (χ0) is 18.0. The first kappa shape index (κ1) is 17.7. The molecule has 0 spiro atoms. The van der Waals surface area contributed by atoms with Crippen LogP contribution in [0.3, 0.4) is 0 Å². The van der Waals surface area contributed by atoms with Gasteiger partial charge in [0.1, 0.15) is 5.75 Å². The summed E-state index contributed by atoms with van der Waals surface area (Å²) in [4.78, 5) is 0. The number of halogens is 6. The van der Waals surface area contributed by atoms with Gasteiger partial charge >= 0.3 is 12.5 Å². The zero-order valence-corrected chi connectivity index (χ0v) is 11.9. The quantitative estimate of drug-likeness (QED) is 0.704. The van der Waals surface area contributed by atoms with E-state index in [1.165, 1.54) is 12.1 Å². The molecule has 0 aliphatic carbocycles. The molecule has 24 heavy (non-hydrogen) atoms. The van der Waals surface area contributed by atoms with Gasteiger partial charge in [0.15, 0.2) is 0 Å². The fourth-order valence-corrected chi connectivity index (χ4v) is 2.23. The Morgan fingerprint density at radius 3 is 2.04 bits per heavy atom. The van der Waals surface area contributed by atoms with Crippen LogP contribution in [0, 0.1) is 11.3 Å². The van der Waals surface area contributed by atoms with E-state index in [-0.39, 0.29) is 23.1 Å². The Balaban J connectivity index is 2.53. The van der Waals surface area contributed by atoms with Crippen molar-refractivity contribution in [2.24, 2.45) is 0 Å². The monoisotopic (exact) mass is 345 g/mol. The molecular formula is C16H9F6NO. The third-order valence-electron chi connectivity index (χ3n) is 3.10. The molecule has 2 rings (SSSR count). The summed E-state index contributed by atoms with van der Waals surface area (Å²) in [7, 11) is 0. The predicted molar refractivity (Wildman–Crippen MR) is 72.9 cm³/mol. The maximum absolute atomic E-state index is 13.2. The largest absolute Gasteiger partial charge is 0.573 e. The molecule has 0 radical (unpaired) electrons. The molecule has 0 bridgehead atoms. The van der Waals surface area contributed by atoms with E-state index in [0.717, 1.165) is 30.3 Å². The second-order valence-corrected chi connectivity index (χ2v) is 4.74. The van der Waals surface area contributed by atoms with E-state index in [1.54, 1.807) is 6.07 Å². The maximum atomic E-state index is 13.2. The van der Waals surface area contributed by atoms with Gasteiger partial charge in [0.25, 0.3) is 0 Å². The van der Waals surface area contributed by atoms with Crippen LogP contribution in [0.2, 0.25) is 0 Å². The lowest BCUT2D eigenvalue weighted by Crippen LogP contribution is -2.17. The SMILES string of the molecule is N#CCc1cccc(C(F)(F)F)c1-c1ccc(OC(F)(F)F)cc1. The molecule has 126 valence electrons. The van der Waals surface area contributed by atoms with Crippen LogP contribution in [-0.2, 0) is 12.6 Å². The van der Waals surface area contributed by atoms with E-state index >= 15 is 0 Å². The maximum Gasteiger partial charge on any atom is 0.573 e. The van der Waals surface area contributed by atoms with Crippen molar-refractivity contribution in [3.05, 3.63) is 53.6 Å². The van der Waals surface area contributed by atoms with Crippen LogP contribution in [0.4, 0.5) is 26.3 Å². The predicted octanol–water partition coefficient (Wildman–Crippen LogP) is 5.34. The van der Waals surface area contributed by atoms with Crippen molar-refractivity contribution < 1.29 is 31.1 Å². The van der Waals surface area contributed by atoms with Gasteiger partial charge in [-0.1, -0.05) is 24.3 Å². The lowest BCUT2D eigenvalue weighted by Gasteiger charge is -2.16. The molecule has 2 aromatic carbocycles. The van der Waals surface area contributed by atoms with Gasteiger partial charge in [-0.2, -0.15) is 18.4 Å². The number of rotatable bonds is 3. The van der Waals surface area contributed by atoms with E-state index in [4.69, 9.17) is 5.26 Å². The first-order chi connectivity index (χ1) is 11.1. The summed E-state index contributed by atoms with van der Waals surface area (Å²) in [5.41, 5.74) is -1.01. The van der Waals surface area contributed by atoms with E-state index in [1.807, 2.05) is 0 Å². The van der Waals surface area contributed by atoms with Gasteiger partial charge in [-0.15, -0.1) is 13.2 Å². The summed E-state index contributed by atoms with van der Waals surface area (Å²) in [5, 5.41) is 8.78. The summed E-state index contributed by atoms with van der Waals surface area (Å²) in [6.07, 6.45) is -9.82. The highest BCUT2D eigenvalue weighted by molar-refractivity contribution is 5.72.